The van der Waals surface area contributed by atoms with E-state index in [0.717, 1.165) is 128 Å². The lowest BCUT2D eigenvalue weighted by Crippen LogP contribution is -2.30. The Hall–Kier alpha value is -4.19. The van der Waals surface area contributed by atoms with Crippen LogP contribution in [0.25, 0.3) is 0 Å². The van der Waals surface area contributed by atoms with Crippen LogP contribution in [0, 0.1) is 0 Å². The van der Waals surface area contributed by atoms with Crippen molar-refractivity contribution in [3.05, 3.63) is 122 Å². The van der Waals surface area contributed by atoms with Crippen molar-refractivity contribution in [2.24, 2.45) is 0 Å². The Morgan fingerprint density at radius 2 is 0.647 bits per heavy atom. The van der Waals surface area contributed by atoms with Crippen LogP contribution in [-0.4, -0.2) is 37.2 Å². The molecule has 0 radical (unpaired) electrons. The minimum Gasteiger partial charge on any atom is -0.462 e. The molecule has 0 N–H and O–H groups in total. The summed E-state index contributed by atoms with van der Waals surface area (Å²) in [7, 11) is 0. The smallest absolute Gasteiger partial charge is 0.306 e. The molecule has 6 nitrogen and oxygen atoms in total. The number of carbonyl (C=O) groups excluding carboxylic acids is 3. The molecular formula is C62H100O6. The van der Waals surface area contributed by atoms with E-state index in [1.54, 1.807) is 0 Å². The number of ether oxygens (including phenoxy) is 3. The first-order valence-electron chi connectivity index (χ1n) is 27.6. The summed E-state index contributed by atoms with van der Waals surface area (Å²) in [6.45, 7) is 6.31. The molecule has 0 aromatic rings. The number of rotatable bonds is 48. The molecule has 0 spiro atoms. The van der Waals surface area contributed by atoms with E-state index >= 15 is 0 Å². The maximum Gasteiger partial charge on any atom is 0.306 e. The van der Waals surface area contributed by atoms with Crippen molar-refractivity contribution in [3.8, 4) is 0 Å². The van der Waals surface area contributed by atoms with E-state index in [1.807, 2.05) is 0 Å². The number of unbranched alkanes of at least 4 members (excludes halogenated alkanes) is 22. The minimum atomic E-state index is -0.805. The second-order valence-corrected chi connectivity index (χ2v) is 17.9. The van der Waals surface area contributed by atoms with Crippen LogP contribution in [-0.2, 0) is 28.6 Å². The quantitative estimate of drug-likeness (QED) is 0.0199. The van der Waals surface area contributed by atoms with Gasteiger partial charge in [-0.3, -0.25) is 14.4 Å². The fourth-order valence-corrected chi connectivity index (χ4v) is 7.23. The number of hydrogen-bond donors (Lipinski definition) is 0. The van der Waals surface area contributed by atoms with Gasteiger partial charge in [0.05, 0.1) is 0 Å². The van der Waals surface area contributed by atoms with E-state index in [-0.39, 0.29) is 31.1 Å². The monoisotopic (exact) mass is 941 g/mol. The fourth-order valence-electron chi connectivity index (χ4n) is 7.23. The standard InChI is InChI=1S/C62H100O6/c1-4-7-10-13-16-19-22-25-27-29-31-33-34-37-40-43-46-49-52-55-61(64)67-58-59(57-66-60(63)54-51-48-45-42-39-36-24-21-18-15-12-9-6-3)68-62(65)56-53-50-47-44-41-38-35-32-30-28-26-23-20-17-14-11-8-5-2/h7,9-10,12,15-21,23-28,30,32,35,59H,4-6,8,11,13-14,22,29,31,33-34,36-58H2,1-3H3/b10-7+,12-9+,18-15+,19-16+,20-17+,24-21+,26-23+,27-25+,30-28+,35-32+. The molecule has 0 aliphatic carbocycles. The molecule has 0 saturated carbocycles. The molecule has 0 bridgehead atoms. The molecule has 384 valence electrons. The molecule has 0 amide bonds. The maximum absolute atomic E-state index is 12.8. The van der Waals surface area contributed by atoms with Crippen molar-refractivity contribution < 1.29 is 28.6 Å². The third-order valence-corrected chi connectivity index (χ3v) is 11.3. The average molecular weight is 941 g/mol. The van der Waals surface area contributed by atoms with E-state index < -0.39 is 6.10 Å². The van der Waals surface area contributed by atoms with Gasteiger partial charge in [-0.15, -0.1) is 0 Å². The summed E-state index contributed by atoms with van der Waals surface area (Å²) in [6, 6.07) is 0. The van der Waals surface area contributed by atoms with Gasteiger partial charge in [-0.1, -0.05) is 239 Å². The summed E-state index contributed by atoms with van der Waals surface area (Å²) in [4.78, 5) is 38.1. The molecule has 1 unspecified atom stereocenters. The second kappa shape index (κ2) is 55.4. The molecule has 0 heterocycles. The first-order valence-corrected chi connectivity index (χ1v) is 27.6. The normalized spacial score (nSPS) is 13.0. The highest BCUT2D eigenvalue weighted by molar-refractivity contribution is 5.71. The molecule has 68 heavy (non-hydrogen) atoms. The zero-order chi connectivity index (χ0) is 49.3. The lowest BCUT2D eigenvalue weighted by Gasteiger charge is -2.18. The predicted molar refractivity (Wildman–Crippen MR) is 293 cm³/mol. The largest absolute Gasteiger partial charge is 0.462 e. The minimum absolute atomic E-state index is 0.101. The van der Waals surface area contributed by atoms with Crippen molar-refractivity contribution >= 4 is 17.9 Å². The molecule has 6 heteroatoms. The Bertz CT molecular complexity index is 1450. The highest BCUT2D eigenvalue weighted by Gasteiger charge is 2.19. The molecule has 0 saturated heterocycles. The summed E-state index contributed by atoms with van der Waals surface area (Å²) >= 11 is 0. The highest BCUT2D eigenvalue weighted by Crippen LogP contribution is 2.14. The number of carbonyl (C=O) groups is 3. The first-order chi connectivity index (χ1) is 33.5. The van der Waals surface area contributed by atoms with Gasteiger partial charge in [0, 0.05) is 19.3 Å². The van der Waals surface area contributed by atoms with Crippen molar-refractivity contribution in [3.63, 3.8) is 0 Å². The van der Waals surface area contributed by atoms with Gasteiger partial charge in [0.15, 0.2) is 6.10 Å². The van der Waals surface area contributed by atoms with Crippen LogP contribution in [0.1, 0.15) is 233 Å². The summed E-state index contributed by atoms with van der Waals surface area (Å²) in [5.41, 5.74) is 0. The topological polar surface area (TPSA) is 78.9 Å². The summed E-state index contributed by atoms with van der Waals surface area (Å²) in [5, 5.41) is 0. The number of allylic oxidation sites excluding steroid dienone is 20. The number of esters is 3. The lowest BCUT2D eigenvalue weighted by atomic mass is 10.1. The van der Waals surface area contributed by atoms with E-state index in [9.17, 15) is 14.4 Å². The van der Waals surface area contributed by atoms with Gasteiger partial charge in [0.2, 0.25) is 0 Å². The van der Waals surface area contributed by atoms with Crippen molar-refractivity contribution in [2.75, 3.05) is 13.2 Å². The molecule has 0 rings (SSSR count). The fraction of sp³-hybridized carbons (Fsp3) is 0.629. The Morgan fingerprint density at radius 3 is 1.07 bits per heavy atom. The lowest BCUT2D eigenvalue weighted by molar-refractivity contribution is -0.167. The first kappa shape index (κ1) is 63.8. The van der Waals surface area contributed by atoms with E-state index in [4.69, 9.17) is 14.2 Å². The van der Waals surface area contributed by atoms with Crippen LogP contribution in [0.3, 0.4) is 0 Å². The molecule has 1 atom stereocenters. The van der Waals surface area contributed by atoms with Gasteiger partial charge >= 0.3 is 17.9 Å². The molecule has 0 aliphatic rings. The molecule has 0 aromatic heterocycles. The van der Waals surface area contributed by atoms with Crippen LogP contribution < -0.4 is 0 Å². The van der Waals surface area contributed by atoms with Crippen molar-refractivity contribution in [2.45, 2.75) is 239 Å². The highest BCUT2D eigenvalue weighted by atomic mass is 16.6. The van der Waals surface area contributed by atoms with Crippen LogP contribution in [0.5, 0.6) is 0 Å². The van der Waals surface area contributed by atoms with Crippen LogP contribution in [0.15, 0.2) is 122 Å². The van der Waals surface area contributed by atoms with Crippen LogP contribution in [0.2, 0.25) is 0 Å². The van der Waals surface area contributed by atoms with Gasteiger partial charge in [-0.2, -0.15) is 0 Å². The molecule has 0 aliphatic heterocycles. The van der Waals surface area contributed by atoms with E-state index in [2.05, 4.69) is 142 Å². The average Bonchev–Trinajstić information content (AvgIpc) is 3.34. The summed E-state index contributed by atoms with van der Waals surface area (Å²) in [6.07, 6.45) is 76.1. The number of hydrogen-bond acceptors (Lipinski definition) is 6. The maximum atomic E-state index is 12.8. The third-order valence-electron chi connectivity index (χ3n) is 11.3. The van der Waals surface area contributed by atoms with E-state index in [0.29, 0.717) is 19.3 Å². The van der Waals surface area contributed by atoms with Gasteiger partial charge in [-0.25, -0.2) is 0 Å². The second-order valence-electron chi connectivity index (χ2n) is 17.9. The molecule has 0 fully saturated rings. The van der Waals surface area contributed by atoms with Gasteiger partial charge < -0.3 is 14.2 Å². The zero-order valence-corrected chi connectivity index (χ0v) is 43.8. The van der Waals surface area contributed by atoms with E-state index in [1.165, 1.54) is 64.2 Å². The SMILES string of the molecule is CC/C=C/C=C/C=C/CCCCCCCC(=O)OCC(COC(=O)CCCCCCCCCCC/C=C/C/C=C/C/C=C/CC)OC(=O)CCCCCCC/C=C/C=C/C=C/C=C/CCCCC. The Morgan fingerprint density at radius 1 is 0.324 bits per heavy atom. The van der Waals surface area contributed by atoms with Gasteiger partial charge in [0.25, 0.3) is 0 Å². The zero-order valence-electron chi connectivity index (χ0n) is 43.8. The van der Waals surface area contributed by atoms with Crippen molar-refractivity contribution in [1.29, 1.82) is 0 Å². The molecule has 0 aromatic carbocycles. The van der Waals surface area contributed by atoms with Crippen LogP contribution >= 0.6 is 0 Å². The van der Waals surface area contributed by atoms with Gasteiger partial charge in [-0.05, 0) is 96.3 Å². The summed E-state index contributed by atoms with van der Waals surface area (Å²) in [5.74, 6) is -0.954. The van der Waals surface area contributed by atoms with Gasteiger partial charge in [0.1, 0.15) is 13.2 Å². The third kappa shape index (κ3) is 52.8. The Balaban J connectivity index is 4.47. The molecular weight excluding hydrogens is 841 g/mol. The van der Waals surface area contributed by atoms with Crippen LogP contribution in [0.4, 0.5) is 0 Å². The summed E-state index contributed by atoms with van der Waals surface area (Å²) < 4.78 is 16.8. The Kier molecular flexibility index (Phi) is 52.0. The predicted octanol–water partition coefficient (Wildman–Crippen LogP) is 18.5. The van der Waals surface area contributed by atoms with Crippen molar-refractivity contribution in [1.82, 2.24) is 0 Å². The Labute approximate surface area is 418 Å².